The van der Waals surface area contributed by atoms with E-state index in [-0.39, 0.29) is 5.91 Å². The number of aromatic nitrogens is 1. The average molecular weight is 376 g/mol. The van der Waals surface area contributed by atoms with Crippen LogP contribution < -0.4 is 16.0 Å². The van der Waals surface area contributed by atoms with E-state index in [2.05, 4.69) is 20.9 Å². The largest absolute Gasteiger partial charge is 0.350 e. The molecule has 0 bridgehead atoms. The van der Waals surface area contributed by atoms with Gasteiger partial charge in [0, 0.05) is 30.2 Å². The molecule has 0 saturated carbocycles. The number of nitrogens with one attached hydrogen (secondary N) is 3. The maximum atomic E-state index is 12.8. The highest BCUT2D eigenvalue weighted by Gasteiger charge is 2.20. The molecule has 0 aliphatic carbocycles. The SMILES string of the molecule is O=C(Nc1ccncc1)[C@H](Cc1ccccc1)NC(=S)Nc1ccccc1. The monoisotopic (exact) mass is 376 g/mol. The van der Waals surface area contributed by atoms with E-state index in [1.807, 2.05) is 60.7 Å². The van der Waals surface area contributed by atoms with Crippen molar-refractivity contribution in [3.8, 4) is 0 Å². The lowest BCUT2D eigenvalue weighted by molar-refractivity contribution is -0.117. The normalized spacial score (nSPS) is 11.3. The van der Waals surface area contributed by atoms with Crippen LogP contribution in [0.3, 0.4) is 0 Å². The van der Waals surface area contributed by atoms with Gasteiger partial charge in [-0.05, 0) is 42.0 Å². The van der Waals surface area contributed by atoms with Crippen LogP contribution in [0.2, 0.25) is 0 Å². The van der Waals surface area contributed by atoms with Crippen molar-refractivity contribution in [3.63, 3.8) is 0 Å². The van der Waals surface area contributed by atoms with Gasteiger partial charge >= 0.3 is 0 Å². The lowest BCUT2D eigenvalue weighted by atomic mass is 10.1. The number of para-hydroxylation sites is 1. The topological polar surface area (TPSA) is 66.0 Å². The summed E-state index contributed by atoms with van der Waals surface area (Å²) in [5.74, 6) is -0.165. The van der Waals surface area contributed by atoms with Crippen LogP contribution in [0.25, 0.3) is 0 Å². The third-order valence-electron chi connectivity index (χ3n) is 3.88. The summed E-state index contributed by atoms with van der Waals surface area (Å²) < 4.78 is 0. The molecule has 3 N–H and O–H groups in total. The van der Waals surface area contributed by atoms with E-state index >= 15 is 0 Å². The minimum absolute atomic E-state index is 0.165. The summed E-state index contributed by atoms with van der Waals surface area (Å²) in [4.78, 5) is 16.8. The van der Waals surface area contributed by atoms with Gasteiger partial charge in [0.15, 0.2) is 5.11 Å². The van der Waals surface area contributed by atoms with Crippen molar-refractivity contribution in [2.24, 2.45) is 0 Å². The summed E-state index contributed by atoms with van der Waals surface area (Å²) in [6.07, 6.45) is 3.78. The Labute approximate surface area is 163 Å². The first-order chi connectivity index (χ1) is 13.2. The molecule has 0 saturated heterocycles. The Morgan fingerprint density at radius 3 is 2.11 bits per heavy atom. The maximum Gasteiger partial charge on any atom is 0.247 e. The number of pyridine rings is 1. The molecule has 5 nitrogen and oxygen atoms in total. The number of hydrogen-bond acceptors (Lipinski definition) is 3. The van der Waals surface area contributed by atoms with Crippen LogP contribution in [-0.2, 0) is 11.2 Å². The van der Waals surface area contributed by atoms with Crippen molar-refractivity contribution in [1.29, 1.82) is 0 Å². The summed E-state index contributed by atoms with van der Waals surface area (Å²) in [7, 11) is 0. The molecule has 0 radical (unpaired) electrons. The van der Waals surface area contributed by atoms with Crippen molar-refractivity contribution in [3.05, 3.63) is 90.8 Å². The van der Waals surface area contributed by atoms with E-state index in [0.29, 0.717) is 17.2 Å². The quantitative estimate of drug-likeness (QED) is 0.574. The van der Waals surface area contributed by atoms with E-state index in [0.717, 1.165) is 11.3 Å². The van der Waals surface area contributed by atoms with Crippen molar-refractivity contribution < 1.29 is 4.79 Å². The molecule has 2 aromatic carbocycles. The van der Waals surface area contributed by atoms with E-state index in [1.54, 1.807) is 24.5 Å². The van der Waals surface area contributed by atoms with E-state index in [1.165, 1.54) is 0 Å². The van der Waals surface area contributed by atoms with Gasteiger partial charge in [0.05, 0.1) is 0 Å². The highest BCUT2D eigenvalue weighted by Crippen LogP contribution is 2.09. The minimum Gasteiger partial charge on any atom is -0.350 e. The summed E-state index contributed by atoms with van der Waals surface area (Å²) in [6.45, 7) is 0. The summed E-state index contributed by atoms with van der Waals surface area (Å²) in [5, 5.41) is 9.53. The molecule has 3 rings (SSSR count). The Kier molecular flexibility index (Phi) is 6.49. The average Bonchev–Trinajstić information content (AvgIpc) is 2.70. The third-order valence-corrected chi connectivity index (χ3v) is 4.10. The molecule has 0 unspecified atom stereocenters. The van der Waals surface area contributed by atoms with E-state index in [4.69, 9.17) is 12.2 Å². The molecule has 1 heterocycles. The van der Waals surface area contributed by atoms with Crippen LogP contribution in [-0.4, -0.2) is 22.0 Å². The predicted molar refractivity (Wildman–Crippen MR) is 113 cm³/mol. The van der Waals surface area contributed by atoms with Gasteiger partial charge in [-0.15, -0.1) is 0 Å². The number of benzene rings is 2. The van der Waals surface area contributed by atoms with Crippen LogP contribution in [0.5, 0.6) is 0 Å². The van der Waals surface area contributed by atoms with Crippen LogP contribution in [0.15, 0.2) is 85.2 Å². The first-order valence-electron chi connectivity index (χ1n) is 8.58. The summed E-state index contributed by atoms with van der Waals surface area (Å²) >= 11 is 5.40. The first kappa shape index (κ1) is 18.5. The van der Waals surface area contributed by atoms with Gasteiger partial charge in [0.25, 0.3) is 0 Å². The predicted octanol–water partition coefficient (Wildman–Crippen LogP) is 3.62. The van der Waals surface area contributed by atoms with Gasteiger partial charge in [0.1, 0.15) is 6.04 Å². The minimum atomic E-state index is -0.524. The number of amides is 1. The molecular weight excluding hydrogens is 356 g/mol. The lowest BCUT2D eigenvalue weighted by Gasteiger charge is -2.21. The molecule has 1 amide bonds. The zero-order valence-corrected chi connectivity index (χ0v) is 15.4. The molecular formula is C21H20N4OS. The summed E-state index contributed by atoms with van der Waals surface area (Å²) in [5.41, 5.74) is 2.60. The molecule has 136 valence electrons. The second-order valence-electron chi connectivity index (χ2n) is 5.93. The molecule has 27 heavy (non-hydrogen) atoms. The van der Waals surface area contributed by atoms with Crippen LogP contribution in [0, 0.1) is 0 Å². The number of rotatable bonds is 6. The lowest BCUT2D eigenvalue weighted by Crippen LogP contribution is -2.46. The van der Waals surface area contributed by atoms with Gasteiger partial charge in [-0.2, -0.15) is 0 Å². The Morgan fingerprint density at radius 2 is 1.44 bits per heavy atom. The van der Waals surface area contributed by atoms with Crippen LogP contribution in [0.1, 0.15) is 5.56 Å². The van der Waals surface area contributed by atoms with Gasteiger partial charge in [-0.25, -0.2) is 0 Å². The first-order valence-corrected chi connectivity index (χ1v) is 8.99. The molecule has 0 spiro atoms. The zero-order chi connectivity index (χ0) is 18.9. The van der Waals surface area contributed by atoms with Crippen LogP contribution >= 0.6 is 12.2 Å². The number of thiocarbonyl (C=S) groups is 1. The fourth-order valence-corrected chi connectivity index (χ4v) is 2.83. The number of hydrogen-bond donors (Lipinski definition) is 3. The van der Waals surface area contributed by atoms with E-state index < -0.39 is 6.04 Å². The summed E-state index contributed by atoms with van der Waals surface area (Å²) in [6, 6.07) is 22.4. The standard InChI is InChI=1S/C21H20N4OS/c26-20(23-18-11-13-22-14-12-18)19(15-16-7-3-1-4-8-16)25-21(27)24-17-9-5-2-6-10-17/h1-14,19H,15H2,(H,22,23,26)(H2,24,25,27)/t19-/m0/s1. The molecule has 0 aliphatic rings. The number of nitrogens with zero attached hydrogens (tertiary/aromatic N) is 1. The second kappa shape index (κ2) is 9.45. The van der Waals surface area contributed by atoms with Gasteiger partial charge in [0.2, 0.25) is 5.91 Å². The molecule has 3 aromatic rings. The van der Waals surface area contributed by atoms with Gasteiger partial charge < -0.3 is 16.0 Å². The Hall–Kier alpha value is -3.25. The van der Waals surface area contributed by atoms with Crippen LogP contribution in [0.4, 0.5) is 11.4 Å². The van der Waals surface area contributed by atoms with Crippen molar-refractivity contribution in [2.45, 2.75) is 12.5 Å². The Balaban J connectivity index is 1.70. The highest BCUT2D eigenvalue weighted by molar-refractivity contribution is 7.80. The zero-order valence-electron chi connectivity index (χ0n) is 14.6. The van der Waals surface area contributed by atoms with Gasteiger partial charge in [-0.1, -0.05) is 48.5 Å². The molecule has 1 atom stereocenters. The fourth-order valence-electron chi connectivity index (χ4n) is 2.57. The van der Waals surface area contributed by atoms with E-state index in [9.17, 15) is 4.79 Å². The van der Waals surface area contributed by atoms with Crippen molar-refractivity contribution in [2.75, 3.05) is 10.6 Å². The number of carbonyl (C=O) groups excluding carboxylic acids is 1. The molecule has 0 aliphatic heterocycles. The Bertz CT molecular complexity index is 872. The maximum absolute atomic E-state index is 12.8. The third kappa shape index (κ3) is 5.90. The molecule has 0 fully saturated rings. The number of carbonyl (C=O) groups is 1. The molecule has 1 aromatic heterocycles. The van der Waals surface area contributed by atoms with Crippen molar-refractivity contribution in [1.82, 2.24) is 10.3 Å². The number of anilines is 2. The smallest absolute Gasteiger partial charge is 0.247 e. The van der Waals surface area contributed by atoms with Gasteiger partial charge in [-0.3, -0.25) is 9.78 Å². The fraction of sp³-hybridized carbons (Fsp3) is 0.0952. The molecule has 6 heteroatoms. The van der Waals surface area contributed by atoms with Crippen molar-refractivity contribution >= 4 is 34.6 Å². The Morgan fingerprint density at radius 1 is 0.852 bits per heavy atom. The highest BCUT2D eigenvalue weighted by atomic mass is 32.1. The second-order valence-corrected chi connectivity index (χ2v) is 6.34.